The molecule has 3 rings (SSSR count). The summed E-state index contributed by atoms with van der Waals surface area (Å²) in [4.78, 5) is 1.42. The molecule has 2 nitrogen and oxygen atoms in total. The van der Waals surface area contributed by atoms with E-state index in [1.807, 2.05) is 11.8 Å². The van der Waals surface area contributed by atoms with E-state index in [9.17, 15) is 0 Å². The molecule has 1 heterocycles. The summed E-state index contributed by atoms with van der Waals surface area (Å²) in [7, 11) is 1.74. The van der Waals surface area contributed by atoms with Crippen molar-refractivity contribution in [1.82, 2.24) is 5.32 Å². The zero-order valence-electron chi connectivity index (χ0n) is 9.53. The highest BCUT2D eigenvalue weighted by Gasteiger charge is 2.28. The summed E-state index contributed by atoms with van der Waals surface area (Å²) in [6.45, 7) is 0. The minimum absolute atomic E-state index is 0.541. The molecule has 0 spiro atoms. The highest BCUT2D eigenvalue weighted by molar-refractivity contribution is 7.99. The van der Waals surface area contributed by atoms with Gasteiger partial charge in [-0.3, -0.25) is 0 Å². The van der Waals surface area contributed by atoms with Gasteiger partial charge in [-0.15, -0.1) is 11.8 Å². The average molecular weight is 235 g/mol. The largest absolute Gasteiger partial charge is 0.497 e. The van der Waals surface area contributed by atoms with E-state index >= 15 is 0 Å². The molecule has 86 valence electrons. The van der Waals surface area contributed by atoms with Crippen molar-refractivity contribution in [2.24, 2.45) is 0 Å². The van der Waals surface area contributed by atoms with Gasteiger partial charge in [-0.05, 0) is 48.8 Å². The molecule has 1 unspecified atom stereocenters. The standard InChI is InChI=1S/C13H17NOS/c1-15-10-4-5-13-11(8-10)12(6-7-16-13)14-9-2-3-9/h4-5,8-9,12,14H,2-3,6-7H2,1H3. The molecule has 3 heteroatoms. The smallest absolute Gasteiger partial charge is 0.119 e. The third-order valence-electron chi connectivity index (χ3n) is 3.27. The molecular weight excluding hydrogens is 218 g/mol. The lowest BCUT2D eigenvalue weighted by molar-refractivity contribution is 0.411. The van der Waals surface area contributed by atoms with Crippen LogP contribution in [0.2, 0.25) is 0 Å². The van der Waals surface area contributed by atoms with Crippen molar-refractivity contribution in [3.05, 3.63) is 23.8 Å². The van der Waals surface area contributed by atoms with Crippen LogP contribution >= 0.6 is 11.8 Å². The van der Waals surface area contributed by atoms with Crippen LogP contribution in [0.25, 0.3) is 0 Å². The summed E-state index contributed by atoms with van der Waals surface area (Å²) in [6, 6.07) is 7.76. The molecule has 1 aliphatic carbocycles. The van der Waals surface area contributed by atoms with Crippen LogP contribution in [-0.4, -0.2) is 18.9 Å². The number of methoxy groups -OCH3 is 1. The molecule has 16 heavy (non-hydrogen) atoms. The Balaban J connectivity index is 1.88. The van der Waals surface area contributed by atoms with E-state index in [1.165, 1.54) is 35.5 Å². The molecule has 1 aliphatic heterocycles. The second-order valence-corrected chi connectivity index (χ2v) is 5.67. The van der Waals surface area contributed by atoms with Crippen molar-refractivity contribution in [1.29, 1.82) is 0 Å². The van der Waals surface area contributed by atoms with Crippen molar-refractivity contribution in [2.45, 2.75) is 36.2 Å². The van der Waals surface area contributed by atoms with E-state index in [-0.39, 0.29) is 0 Å². The third-order valence-corrected chi connectivity index (χ3v) is 4.39. The fourth-order valence-corrected chi connectivity index (χ4v) is 3.31. The number of rotatable bonds is 3. The lowest BCUT2D eigenvalue weighted by atomic mass is 10.0. The summed E-state index contributed by atoms with van der Waals surface area (Å²) >= 11 is 1.96. The second kappa shape index (κ2) is 4.30. The van der Waals surface area contributed by atoms with Crippen LogP contribution in [0.3, 0.4) is 0 Å². The van der Waals surface area contributed by atoms with Crippen molar-refractivity contribution in [3.8, 4) is 5.75 Å². The third kappa shape index (κ3) is 2.06. The van der Waals surface area contributed by atoms with E-state index in [4.69, 9.17) is 4.74 Å². The number of thioether (sulfide) groups is 1. The lowest BCUT2D eigenvalue weighted by Crippen LogP contribution is -2.26. The number of hydrogen-bond acceptors (Lipinski definition) is 3. The molecule has 1 atom stereocenters. The number of hydrogen-bond donors (Lipinski definition) is 1. The Morgan fingerprint density at radius 1 is 1.31 bits per heavy atom. The molecule has 0 amide bonds. The quantitative estimate of drug-likeness (QED) is 0.870. The first-order valence-electron chi connectivity index (χ1n) is 5.93. The van der Waals surface area contributed by atoms with Gasteiger partial charge in [-0.25, -0.2) is 0 Å². The minimum atomic E-state index is 0.541. The molecule has 0 radical (unpaired) electrons. The Morgan fingerprint density at radius 3 is 2.94 bits per heavy atom. The van der Waals surface area contributed by atoms with Crippen LogP contribution in [0.4, 0.5) is 0 Å². The van der Waals surface area contributed by atoms with Crippen molar-refractivity contribution in [2.75, 3.05) is 12.9 Å². The number of nitrogens with one attached hydrogen (secondary N) is 1. The zero-order chi connectivity index (χ0) is 11.0. The fourth-order valence-electron chi connectivity index (χ4n) is 2.21. The average Bonchev–Trinajstić information content (AvgIpc) is 3.13. The first kappa shape index (κ1) is 10.5. The molecule has 1 N–H and O–H groups in total. The number of benzene rings is 1. The van der Waals surface area contributed by atoms with Gasteiger partial charge in [-0.2, -0.15) is 0 Å². The second-order valence-electron chi connectivity index (χ2n) is 4.53. The van der Waals surface area contributed by atoms with E-state index in [2.05, 4.69) is 23.5 Å². The van der Waals surface area contributed by atoms with E-state index in [0.717, 1.165) is 11.8 Å². The van der Waals surface area contributed by atoms with Gasteiger partial charge in [0, 0.05) is 17.0 Å². The molecule has 2 aliphatic rings. The van der Waals surface area contributed by atoms with E-state index < -0.39 is 0 Å². The molecule has 1 aromatic carbocycles. The normalized spacial score (nSPS) is 23.9. The van der Waals surface area contributed by atoms with Gasteiger partial charge in [0.2, 0.25) is 0 Å². The van der Waals surface area contributed by atoms with E-state index in [0.29, 0.717) is 6.04 Å². The number of fused-ring (bicyclic) bond motifs is 1. The molecular formula is C13H17NOS. The Bertz CT molecular complexity index is 390. The number of ether oxygens (including phenoxy) is 1. The molecule has 0 saturated heterocycles. The first-order chi connectivity index (χ1) is 7.86. The van der Waals surface area contributed by atoms with Gasteiger partial charge in [0.05, 0.1) is 7.11 Å². The van der Waals surface area contributed by atoms with Crippen LogP contribution in [0.15, 0.2) is 23.1 Å². The van der Waals surface area contributed by atoms with Crippen LogP contribution in [0.5, 0.6) is 5.75 Å². The zero-order valence-corrected chi connectivity index (χ0v) is 10.3. The Hall–Kier alpha value is -0.670. The van der Waals surface area contributed by atoms with Crippen molar-refractivity contribution < 1.29 is 4.74 Å². The van der Waals surface area contributed by atoms with Crippen LogP contribution in [-0.2, 0) is 0 Å². The van der Waals surface area contributed by atoms with E-state index in [1.54, 1.807) is 7.11 Å². The molecule has 0 bridgehead atoms. The summed E-state index contributed by atoms with van der Waals surface area (Å²) in [5.41, 5.74) is 1.43. The Labute approximate surface area is 101 Å². The molecule has 1 aromatic rings. The summed E-state index contributed by atoms with van der Waals surface area (Å²) in [6.07, 6.45) is 3.94. The summed E-state index contributed by atoms with van der Waals surface area (Å²) < 4.78 is 5.31. The van der Waals surface area contributed by atoms with Gasteiger partial charge in [0.15, 0.2) is 0 Å². The maximum absolute atomic E-state index is 5.31. The Morgan fingerprint density at radius 2 is 2.19 bits per heavy atom. The molecule has 1 fully saturated rings. The van der Waals surface area contributed by atoms with Crippen LogP contribution < -0.4 is 10.1 Å². The van der Waals surface area contributed by atoms with Crippen molar-refractivity contribution in [3.63, 3.8) is 0 Å². The van der Waals surface area contributed by atoms with Gasteiger partial charge >= 0.3 is 0 Å². The predicted octanol–water partition coefficient (Wildman–Crippen LogP) is 2.98. The van der Waals surface area contributed by atoms with Gasteiger partial charge in [0.25, 0.3) is 0 Å². The minimum Gasteiger partial charge on any atom is -0.497 e. The lowest BCUT2D eigenvalue weighted by Gasteiger charge is -2.26. The summed E-state index contributed by atoms with van der Waals surface area (Å²) in [5, 5.41) is 3.73. The van der Waals surface area contributed by atoms with Gasteiger partial charge in [0.1, 0.15) is 5.75 Å². The molecule has 1 saturated carbocycles. The maximum Gasteiger partial charge on any atom is 0.119 e. The molecule has 0 aromatic heterocycles. The highest BCUT2D eigenvalue weighted by atomic mass is 32.2. The summed E-state index contributed by atoms with van der Waals surface area (Å²) in [5.74, 6) is 2.20. The predicted molar refractivity (Wildman–Crippen MR) is 67.2 cm³/mol. The van der Waals surface area contributed by atoms with Gasteiger partial charge < -0.3 is 10.1 Å². The highest BCUT2D eigenvalue weighted by Crippen LogP contribution is 2.39. The monoisotopic (exact) mass is 235 g/mol. The van der Waals surface area contributed by atoms with Crippen LogP contribution in [0.1, 0.15) is 30.9 Å². The maximum atomic E-state index is 5.31. The van der Waals surface area contributed by atoms with Crippen molar-refractivity contribution >= 4 is 11.8 Å². The topological polar surface area (TPSA) is 21.3 Å². The SMILES string of the molecule is COc1ccc2c(c1)C(NC1CC1)CCS2. The fraction of sp³-hybridized carbons (Fsp3) is 0.538. The van der Waals surface area contributed by atoms with Gasteiger partial charge in [-0.1, -0.05) is 0 Å². The first-order valence-corrected chi connectivity index (χ1v) is 6.92. The van der Waals surface area contributed by atoms with Crippen LogP contribution in [0, 0.1) is 0 Å². The Kier molecular flexibility index (Phi) is 2.82.